The van der Waals surface area contributed by atoms with Gasteiger partial charge in [-0.3, -0.25) is 10.2 Å². The quantitative estimate of drug-likeness (QED) is 0.449. The highest BCUT2D eigenvalue weighted by atomic mass is 32.2. The third kappa shape index (κ3) is 4.85. The standard InChI is InChI=1S/C15H17N3O3S/c1-11-13(7-9-21-11)14(19)17-18-15(20)16-8-10-22-12-5-3-2-4-6-12/h2-7,9H,8,10H2,1H3,(H,17,19)(H2,16,18,20). The molecule has 3 amide bonds. The summed E-state index contributed by atoms with van der Waals surface area (Å²) >= 11 is 1.64. The molecule has 0 saturated carbocycles. The van der Waals surface area contributed by atoms with Crippen LogP contribution in [0.3, 0.4) is 0 Å². The third-order valence-electron chi connectivity index (χ3n) is 2.79. The summed E-state index contributed by atoms with van der Waals surface area (Å²) in [5, 5.41) is 2.66. The lowest BCUT2D eigenvalue weighted by atomic mass is 10.2. The van der Waals surface area contributed by atoms with Crippen molar-refractivity contribution < 1.29 is 14.0 Å². The van der Waals surface area contributed by atoms with E-state index in [1.54, 1.807) is 24.8 Å². The highest BCUT2D eigenvalue weighted by Gasteiger charge is 2.11. The minimum absolute atomic E-state index is 0.389. The van der Waals surface area contributed by atoms with E-state index in [4.69, 9.17) is 4.42 Å². The van der Waals surface area contributed by atoms with Crippen LogP contribution in [0, 0.1) is 6.92 Å². The Balaban J connectivity index is 1.62. The Labute approximate surface area is 132 Å². The van der Waals surface area contributed by atoms with Crippen LogP contribution in [0.4, 0.5) is 4.79 Å². The van der Waals surface area contributed by atoms with Gasteiger partial charge in [0, 0.05) is 17.2 Å². The van der Waals surface area contributed by atoms with E-state index in [-0.39, 0.29) is 0 Å². The minimum Gasteiger partial charge on any atom is -0.469 e. The monoisotopic (exact) mass is 319 g/mol. The van der Waals surface area contributed by atoms with Crippen molar-refractivity contribution in [2.24, 2.45) is 0 Å². The number of rotatable bonds is 5. The summed E-state index contributed by atoms with van der Waals surface area (Å²) < 4.78 is 5.02. The molecule has 1 aromatic carbocycles. The SMILES string of the molecule is Cc1occc1C(=O)NNC(=O)NCCSc1ccccc1. The first kappa shape index (κ1) is 16.0. The molecule has 6 nitrogen and oxygen atoms in total. The largest absolute Gasteiger partial charge is 0.469 e. The van der Waals surface area contributed by atoms with E-state index in [1.807, 2.05) is 30.3 Å². The molecule has 0 bridgehead atoms. The number of hydrogen-bond acceptors (Lipinski definition) is 4. The van der Waals surface area contributed by atoms with E-state index >= 15 is 0 Å². The number of carbonyl (C=O) groups is 2. The number of hydrogen-bond donors (Lipinski definition) is 3. The maximum Gasteiger partial charge on any atom is 0.333 e. The molecule has 1 aromatic heterocycles. The molecule has 22 heavy (non-hydrogen) atoms. The normalized spacial score (nSPS) is 10.0. The van der Waals surface area contributed by atoms with Gasteiger partial charge in [0.05, 0.1) is 11.8 Å². The minimum atomic E-state index is -0.455. The van der Waals surface area contributed by atoms with Crippen molar-refractivity contribution in [3.63, 3.8) is 0 Å². The Bertz CT molecular complexity index is 628. The van der Waals surface area contributed by atoms with E-state index in [0.29, 0.717) is 17.9 Å². The van der Waals surface area contributed by atoms with Crippen molar-refractivity contribution in [2.75, 3.05) is 12.3 Å². The first-order valence-electron chi connectivity index (χ1n) is 6.73. The van der Waals surface area contributed by atoms with Crippen LogP contribution in [0.25, 0.3) is 0 Å². The molecule has 0 unspecified atom stereocenters. The molecule has 1 heterocycles. The maximum absolute atomic E-state index is 11.7. The number of urea groups is 1. The summed E-state index contributed by atoms with van der Waals surface area (Å²) in [6.07, 6.45) is 1.42. The van der Waals surface area contributed by atoms with Crippen molar-refractivity contribution in [2.45, 2.75) is 11.8 Å². The molecule has 0 atom stereocenters. The molecular weight excluding hydrogens is 302 g/mol. The number of furan rings is 1. The van der Waals surface area contributed by atoms with Crippen LogP contribution < -0.4 is 16.2 Å². The summed E-state index contributed by atoms with van der Waals surface area (Å²) in [5.41, 5.74) is 5.00. The predicted molar refractivity (Wildman–Crippen MR) is 84.6 cm³/mol. The molecule has 3 N–H and O–H groups in total. The number of aryl methyl sites for hydroxylation is 1. The highest BCUT2D eigenvalue weighted by molar-refractivity contribution is 7.99. The fraction of sp³-hybridized carbons (Fsp3) is 0.200. The Hall–Kier alpha value is -2.41. The molecule has 2 rings (SSSR count). The lowest BCUT2D eigenvalue weighted by Gasteiger charge is -2.08. The number of nitrogens with one attached hydrogen (secondary N) is 3. The molecule has 0 radical (unpaired) electrons. The van der Waals surface area contributed by atoms with Crippen LogP contribution in [-0.4, -0.2) is 24.2 Å². The van der Waals surface area contributed by atoms with Gasteiger partial charge >= 0.3 is 6.03 Å². The lowest BCUT2D eigenvalue weighted by molar-refractivity contribution is 0.0935. The van der Waals surface area contributed by atoms with E-state index < -0.39 is 11.9 Å². The lowest BCUT2D eigenvalue weighted by Crippen LogP contribution is -2.47. The summed E-state index contributed by atoms with van der Waals surface area (Å²) in [6, 6.07) is 11.0. The van der Waals surface area contributed by atoms with Crippen LogP contribution in [0.5, 0.6) is 0 Å². The van der Waals surface area contributed by atoms with Crippen LogP contribution >= 0.6 is 11.8 Å². The average Bonchev–Trinajstić information content (AvgIpc) is 2.96. The van der Waals surface area contributed by atoms with Gasteiger partial charge in [0.25, 0.3) is 5.91 Å². The molecule has 0 aliphatic rings. The zero-order chi connectivity index (χ0) is 15.8. The van der Waals surface area contributed by atoms with Gasteiger partial charge in [-0.2, -0.15) is 0 Å². The first-order valence-corrected chi connectivity index (χ1v) is 7.71. The van der Waals surface area contributed by atoms with Gasteiger partial charge in [0.15, 0.2) is 0 Å². The fourth-order valence-corrected chi connectivity index (χ4v) is 2.49. The van der Waals surface area contributed by atoms with Crippen LogP contribution in [0.15, 0.2) is 52.0 Å². The van der Waals surface area contributed by atoms with Crippen molar-refractivity contribution >= 4 is 23.7 Å². The molecule has 0 saturated heterocycles. The van der Waals surface area contributed by atoms with Crippen LogP contribution in [-0.2, 0) is 0 Å². The van der Waals surface area contributed by atoms with Crippen LogP contribution in [0.1, 0.15) is 16.1 Å². The molecule has 0 aliphatic carbocycles. The Morgan fingerprint density at radius 2 is 1.91 bits per heavy atom. The first-order chi connectivity index (χ1) is 10.7. The van der Waals surface area contributed by atoms with Gasteiger partial charge in [-0.25, -0.2) is 10.2 Å². The number of thioether (sulfide) groups is 1. The highest BCUT2D eigenvalue weighted by Crippen LogP contribution is 2.15. The second-order valence-electron chi connectivity index (χ2n) is 4.39. The summed E-state index contributed by atoms with van der Waals surface area (Å²) in [4.78, 5) is 24.4. The van der Waals surface area contributed by atoms with Crippen molar-refractivity contribution in [3.05, 3.63) is 54.0 Å². The van der Waals surface area contributed by atoms with E-state index in [2.05, 4.69) is 16.2 Å². The van der Waals surface area contributed by atoms with Gasteiger partial charge < -0.3 is 9.73 Å². The van der Waals surface area contributed by atoms with E-state index in [1.165, 1.54) is 6.26 Å². The molecule has 0 aliphatic heterocycles. The van der Waals surface area contributed by atoms with E-state index in [9.17, 15) is 9.59 Å². The molecular formula is C15H17N3O3S. The maximum atomic E-state index is 11.7. The zero-order valence-electron chi connectivity index (χ0n) is 12.1. The van der Waals surface area contributed by atoms with Gasteiger partial charge in [-0.15, -0.1) is 11.8 Å². The molecule has 0 spiro atoms. The van der Waals surface area contributed by atoms with Gasteiger partial charge in [-0.1, -0.05) is 18.2 Å². The summed E-state index contributed by atoms with van der Waals surface area (Å²) in [5.74, 6) is 0.825. The second-order valence-corrected chi connectivity index (χ2v) is 5.56. The van der Waals surface area contributed by atoms with E-state index in [0.717, 1.165) is 10.6 Å². The van der Waals surface area contributed by atoms with Gasteiger partial charge in [0.1, 0.15) is 5.76 Å². The number of hydrazine groups is 1. The molecule has 0 fully saturated rings. The van der Waals surface area contributed by atoms with Crippen molar-refractivity contribution in [1.82, 2.24) is 16.2 Å². The summed E-state index contributed by atoms with van der Waals surface area (Å²) in [6.45, 7) is 2.17. The zero-order valence-corrected chi connectivity index (χ0v) is 12.9. The van der Waals surface area contributed by atoms with Crippen molar-refractivity contribution in [3.8, 4) is 0 Å². The Morgan fingerprint density at radius 1 is 1.14 bits per heavy atom. The van der Waals surface area contributed by atoms with Crippen LogP contribution in [0.2, 0.25) is 0 Å². The van der Waals surface area contributed by atoms with Gasteiger partial charge in [0.2, 0.25) is 0 Å². The Kier molecular flexibility index (Phi) is 5.91. The third-order valence-corrected chi connectivity index (χ3v) is 3.81. The van der Waals surface area contributed by atoms with Crippen molar-refractivity contribution in [1.29, 1.82) is 0 Å². The molecule has 7 heteroatoms. The number of carbonyl (C=O) groups excluding carboxylic acids is 2. The topological polar surface area (TPSA) is 83.4 Å². The number of benzene rings is 1. The smallest absolute Gasteiger partial charge is 0.333 e. The fourth-order valence-electron chi connectivity index (χ4n) is 1.70. The average molecular weight is 319 g/mol. The van der Waals surface area contributed by atoms with Gasteiger partial charge in [-0.05, 0) is 25.1 Å². The number of amides is 3. The Morgan fingerprint density at radius 3 is 2.59 bits per heavy atom. The molecule has 2 aromatic rings. The second kappa shape index (κ2) is 8.14. The summed E-state index contributed by atoms with van der Waals surface area (Å²) in [7, 11) is 0. The molecule has 116 valence electrons. The predicted octanol–water partition coefficient (Wildman–Crippen LogP) is 2.32.